The Morgan fingerprint density at radius 1 is 0.741 bits per heavy atom. The number of unbranched alkanes of at least 4 members (excludes halogenated alkanes) is 11. The second-order valence-electron chi connectivity index (χ2n) is 7.30. The minimum atomic E-state index is -0.0128. The van der Waals surface area contributed by atoms with E-state index < -0.39 is 0 Å². The molecular weight excluding hydrogens is 400 g/mol. The molecule has 0 saturated heterocycles. The Balaban J connectivity index is 3.25. The van der Waals surface area contributed by atoms with Gasteiger partial charge in [0, 0.05) is 11.8 Å². The molecule has 3 heteroatoms. The highest BCUT2D eigenvalue weighted by molar-refractivity contribution is 9.09. The van der Waals surface area contributed by atoms with Crippen LogP contribution in [0, 0.1) is 0 Å². The molecule has 0 unspecified atom stereocenters. The van der Waals surface area contributed by atoms with Crippen molar-refractivity contribution in [2.45, 2.75) is 110 Å². The van der Waals surface area contributed by atoms with E-state index in [1.165, 1.54) is 64.2 Å². The summed E-state index contributed by atoms with van der Waals surface area (Å²) in [5, 5.41) is 1.07. The van der Waals surface area contributed by atoms with Crippen molar-refractivity contribution in [2.75, 3.05) is 11.9 Å². The molecule has 0 N–H and O–H groups in total. The Kier molecular flexibility index (Phi) is 23.0. The highest BCUT2D eigenvalue weighted by Crippen LogP contribution is 2.09. The van der Waals surface area contributed by atoms with E-state index in [0.29, 0.717) is 13.0 Å². The molecule has 27 heavy (non-hydrogen) atoms. The van der Waals surface area contributed by atoms with Crippen molar-refractivity contribution in [3.63, 3.8) is 0 Å². The fourth-order valence-electron chi connectivity index (χ4n) is 2.89. The van der Waals surface area contributed by atoms with E-state index in [0.717, 1.165) is 37.4 Å². The van der Waals surface area contributed by atoms with Gasteiger partial charge in [0.25, 0.3) is 0 Å². The topological polar surface area (TPSA) is 26.3 Å². The molecule has 0 aromatic carbocycles. The molecule has 0 spiro atoms. The first-order valence-corrected chi connectivity index (χ1v) is 12.4. The summed E-state index contributed by atoms with van der Waals surface area (Å²) in [6, 6.07) is 0. The van der Waals surface area contributed by atoms with Gasteiger partial charge in [-0.1, -0.05) is 92.1 Å². The third kappa shape index (κ3) is 23.4. The van der Waals surface area contributed by atoms with E-state index >= 15 is 0 Å². The number of allylic oxidation sites excluding steroid dienone is 4. The number of esters is 1. The molecule has 158 valence electrons. The van der Waals surface area contributed by atoms with Crippen molar-refractivity contribution in [1.29, 1.82) is 0 Å². The summed E-state index contributed by atoms with van der Waals surface area (Å²) >= 11 is 3.43. The van der Waals surface area contributed by atoms with Gasteiger partial charge in [0.05, 0.1) is 6.61 Å². The summed E-state index contributed by atoms with van der Waals surface area (Å²) in [6.07, 6.45) is 27.7. The number of hydrogen-bond donors (Lipinski definition) is 0. The summed E-state index contributed by atoms with van der Waals surface area (Å²) in [5.74, 6) is -0.0128. The van der Waals surface area contributed by atoms with Crippen molar-refractivity contribution >= 4 is 21.9 Å². The highest BCUT2D eigenvalue weighted by Gasteiger charge is 2.02. The molecule has 0 rings (SSSR count). The Bertz CT molecular complexity index is 363. The predicted octanol–water partition coefficient (Wildman–Crippen LogP) is 8.30. The van der Waals surface area contributed by atoms with Crippen LogP contribution in [0.15, 0.2) is 24.3 Å². The van der Waals surface area contributed by atoms with Gasteiger partial charge in [-0.15, -0.1) is 0 Å². The van der Waals surface area contributed by atoms with Crippen LogP contribution < -0.4 is 0 Å². The summed E-state index contributed by atoms with van der Waals surface area (Å²) in [4.78, 5) is 11.6. The van der Waals surface area contributed by atoms with Crippen LogP contribution in [0.1, 0.15) is 110 Å². The lowest BCUT2D eigenvalue weighted by atomic mass is 10.1. The second-order valence-corrected chi connectivity index (χ2v) is 8.10. The summed E-state index contributed by atoms with van der Waals surface area (Å²) in [7, 11) is 0. The average molecular weight is 444 g/mol. The van der Waals surface area contributed by atoms with Crippen LogP contribution in [-0.2, 0) is 9.53 Å². The van der Waals surface area contributed by atoms with Crippen molar-refractivity contribution < 1.29 is 9.53 Å². The maximum Gasteiger partial charge on any atom is 0.305 e. The summed E-state index contributed by atoms with van der Waals surface area (Å²) in [6.45, 7) is 2.85. The molecule has 0 aliphatic heterocycles. The van der Waals surface area contributed by atoms with Gasteiger partial charge in [-0.3, -0.25) is 4.79 Å². The number of alkyl halides is 1. The number of rotatable bonds is 20. The van der Waals surface area contributed by atoms with E-state index in [1.807, 2.05) is 0 Å². The Hall–Kier alpha value is -0.570. The monoisotopic (exact) mass is 442 g/mol. The second kappa shape index (κ2) is 23.5. The fraction of sp³-hybridized carbons (Fsp3) is 0.792. The maximum atomic E-state index is 11.6. The molecule has 0 aromatic heterocycles. The Morgan fingerprint density at radius 2 is 1.33 bits per heavy atom. The van der Waals surface area contributed by atoms with Crippen LogP contribution >= 0.6 is 15.9 Å². The number of hydrogen-bond acceptors (Lipinski definition) is 2. The third-order valence-corrected chi connectivity index (χ3v) is 5.18. The summed E-state index contributed by atoms with van der Waals surface area (Å²) in [5.41, 5.74) is 0. The van der Waals surface area contributed by atoms with Crippen molar-refractivity contribution in [1.82, 2.24) is 0 Å². The van der Waals surface area contributed by atoms with Gasteiger partial charge in [-0.25, -0.2) is 0 Å². The highest BCUT2D eigenvalue weighted by atomic mass is 79.9. The van der Waals surface area contributed by atoms with Crippen LogP contribution in [-0.4, -0.2) is 17.9 Å². The predicted molar refractivity (Wildman–Crippen MR) is 123 cm³/mol. The summed E-state index contributed by atoms with van der Waals surface area (Å²) < 4.78 is 5.28. The number of carbonyl (C=O) groups excluding carboxylic acids is 1. The number of carbonyl (C=O) groups is 1. The minimum Gasteiger partial charge on any atom is -0.466 e. The molecule has 0 aliphatic carbocycles. The first-order valence-electron chi connectivity index (χ1n) is 11.3. The largest absolute Gasteiger partial charge is 0.466 e. The van der Waals surface area contributed by atoms with Crippen LogP contribution in [0.3, 0.4) is 0 Å². The maximum absolute atomic E-state index is 11.6. The van der Waals surface area contributed by atoms with Gasteiger partial charge in [0.1, 0.15) is 0 Å². The quantitative estimate of drug-likeness (QED) is 0.0819. The van der Waals surface area contributed by atoms with Gasteiger partial charge >= 0.3 is 5.97 Å². The lowest BCUT2D eigenvalue weighted by molar-refractivity contribution is -0.143. The van der Waals surface area contributed by atoms with Gasteiger partial charge in [0.15, 0.2) is 0 Å². The standard InChI is InChI=1S/C24H43BrO2/c1-2-3-4-5-6-7-8-9-10-11-12-13-14-15-18-21-24(26)27-23-20-17-16-19-22-25/h6-7,9-10H,2-5,8,11-23H2,1H3/b7-6-,10-9-. The average Bonchev–Trinajstić information content (AvgIpc) is 2.67. The van der Waals surface area contributed by atoms with Crippen molar-refractivity contribution in [2.24, 2.45) is 0 Å². The van der Waals surface area contributed by atoms with Gasteiger partial charge in [-0.05, 0) is 51.4 Å². The SMILES string of the molecule is CCCCC/C=C\C/C=C\CCCCCCCC(=O)OCCCCCCBr. The van der Waals surface area contributed by atoms with Crippen molar-refractivity contribution in [3.05, 3.63) is 24.3 Å². The molecule has 0 radical (unpaired) electrons. The molecule has 0 aromatic rings. The molecule has 0 aliphatic rings. The van der Waals surface area contributed by atoms with Gasteiger partial charge < -0.3 is 4.74 Å². The smallest absolute Gasteiger partial charge is 0.305 e. The zero-order valence-corrected chi connectivity index (χ0v) is 19.3. The van der Waals surface area contributed by atoms with E-state index in [9.17, 15) is 4.79 Å². The van der Waals surface area contributed by atoms with Crippen molar-refractivity contribution in [3.8, 4) is 0 Å². The molecule has 0 fully saturated rings. The number of halogens is 1. The first kappa shape index (κ1) is 26.4. The Morgan fingerprint density at radius 3 is 2.04 bits per heavy atom. The third-order valence-electron chi connectivity index (χ3n) is 4.62. The fourth-order valence-corrected chi connectivity index (χ4v) is 3.29. The molecule has 0 saturated carbocycles. The molecular formula is C24H43BrO2. The first-order chi connectivity index (χ1) is 13.3. The van der Waals surface area contributed by atoms with E-state index in [4.69, 9.17) is 4.74 Å². The van der Waals surface area contributed by atoms with E-state index in [-0.39, 0.29) is 5.97 Å². The van der Waals surface area contributed by atoms with Crippen LogP contribution in [0.2, 0.25) is 0 Å². The minimum absolute atomic E-state index is 0.0128. The molecule has 0 bridgehead atoms. The zero-order valence-electron chi connectivity index (χ0n) is 17.7. The molecule has 0 amide bonds. The lowest BCUT2D eigenvalue weighted by Gasteiger charge is -2.04. The van der Waals surface area contributed by atoms with Crippen LogP contribution in [0.5, 0.6) is 0 Å². The number of ether oxygens (including phenoxy) is 1. The van der Waals surface area contributed by atoms with E-state index in [1.54, 1.807) is 0 Å². The van der Waals surface area contributed by atoms with Crippen LogP contribution in [0.25, 0.3) is 0 Å². The zero-order chi connectivity index (χ0) is 19.8. The van der Waals surface area contributed by atoms with Gasteiger partial charge in [-0.2, -0.15) is 0 Å². The molecule has 0 atom stereocenters. The van der Waals surface area contributed by atoms with Gasteiger partial charge in [0.2, 0.25) is 0 Å². The normalized spacial score (nSPS) is 11.6. The van der Waals surface area contributed by atoms with Crippen LogP contribution in [0.4, 0.5) is 0 Å². The molecule has 2 nitrogen and oxygen atoms in total. The molecule has 0 heterocycles. The Labute approximate surface area is 177 Å². The lowest BCUT2D eigenvalue weighted by Crippen LogP contribution is -2.05. The van der Waals surface area contributed by atoms with E-state index in [2.05, 4.69) is 47.2 Å².